The predicted octanol–water partition coefficient (Wildman–Crippen LogP) is -0.228. The van der Waals surface area contributed by atoms with Crippen LogP contribution in [0.15, 0.2) is 24.5 Å². The van der Waals surface area contributed by atoms with Crippen LogP contribution >= 0.6 is 0 Å². The van der Waals surface area contributed by atoms with Gasteiger partial charge in [0.1, 0.15) is 5.65 Å². The van der Waals surface area contributed by atoms with Gasteiger partial charge in [0.05, 0.1) is 17.8 Å². The van der Waals surface area contributed by atoms with Crippen molar-refractivity contribution in [2.75, 3.05) is 31.1 Å². The standard InChI is InChI=1S/C13H17N5O/c14-12(19)7-10-8-18-9-11(1-2-13(18)16-10)17-5-3-15-4-6-17/h1-2,8-9,15H,3-7H2,(H2,14,19). The first-order chi connectivity index (χ1) is 9.22. The number of nitrogens with one attached hydrogen (secondary N) is 1. The lowest BCUT2D eigenvalue weighted by Crippen LogP contribution is -2.43. The zero-order chi connectivity index (χ0) is 13.2. The molecule has 0 radical (unpaired) electrons. The molecule has 0 aliphatic carbocycles. The van der Waals surface area contributed by atoms with Crippen molar-refractivity contribution in [1.82, 2.24) is 14.7 Å². The summed E-state index contributed by atoms with van der Waals surface area (Å²) in [4.78, 5) is 17.6. The fraction of sp³-hybridized carbons (Fsp3) is 0.385. The largest absolute Gasteiger partial charge is 0.369 e. The lowest BCUT2D eigenvalue weighted by Gasteiger charge is -2.29. The summed E-state index contributed by atoms with van der Waals surface area (Å²) in [5.41, 5.74) is 7.92. The number of amides is 1. The molecule has 3 N–H and O–H groups in total. The van der Waals surface area contributed by atoms with Crippen molar-refractivity contribution < 1.29 is 4.79 Å². The van der Waals surface area contributed by atoms with Gasteiger partial charge in [-0.15, -0.1) is 0 Å². The van der Waals surface area contributed by atoms with Crippen molar-refractivity contribution >= 4 is 17.2 Å². The summed E-state index contributed by atoms with van der Waals surface area (Å²) in [7, 11) is 0. The molecule has 0 aromatic carbocycles. The lowest BCUT2D eigenvalue weighted by atomic mass is 10.3. The fourth-order valence-corrected chi connectivity index (χ4v) is 2.41. The van der Waals surface area contributed by atoms with Crippen molar-refractivity contribution in [1.29, 1.82) is 0 Å². The summed E-state index contributed by atoms with van der Waals surface area (Å²) in [6.45, 7) is 4.03. The Hall–Kier alpha value is -2.08. The monoisotopic (exact) mass is 259 g/mol. The number of anilines is 1. The molecule has 0 atom stereocenters. The molecule has 6 heteroatoms. The maximum Gasteiger partial charge on any atom is 0.223 e. The van der Waals surface area contributed by atoms with Crippen LogP contribution in [0.1, 0.15) is 5.69 Å². The minimum atomic E-state index is -0.356. The third-order valence-electron chi connectivity index (χ3n) is 3.32. The number of nitrogens with two attached hydrogens (primary N) is 1. The summed E-state index contributed by atoms with van der Waals surface area (Å²) >= 11 is 0. The number of hydrogen-bond donors (Lipinski definition) is 2. The van der Waals surface area contributed by atoms with Crippen LogP contribution in [0.25, 0.3) is 5.65 Å². The second-order valence-electron chi connectivity index (χ2n) is 4.77. The van der Waals surface area contributed by atoms with Gasteiger partial charge in [-0.1, -0.05) is 0 Å². The molecule has 1 aliphatic rings. The molecular formula is C13H17N5O. The number of fused-ring (bicyclic) bond motifs is 1. The van der Waals surface area contributed by atoms with Gasteiger partial charge < -0.3 is 20.4 Å². The molecule has 0 unspecified atom stereocenters. The molecule has 1 amide bonds. The molecule has 2 aromatic heterocycles. The molecule has 0 bridgehead atoms. The normalized spacial score (nSPS) is 15.9. The van der Waals surface area contributed by atoms with Crippen molar-refractivity contribution in [3.63, 3.8) is 0 Å². The molecule has 100 valence electrons. The van der Waals surface area contributed by atoms with Crippen molar-refractivity contribution in [3.05, 3.63) is 30.2 Å². The smallest absolute Gasteiger partial charge is 0.223 e. The van der Waals surface area contributed by atoms with Crippen LogP contribution in [0.3, 0.4) is 0 Å². The van der Waals surface area contributed by atoms with Crippen LogP contribution < -0.4 is 16.0 Å². The van der Waals surface area contributed by atoms with Gasteiger partial charge in [0, 0.05) is 38.6 Å². The number of primary amides is 1. The first kappa shape index (κ1) is 12.0. The number of pyridine rings is 1. The Bertz CT molecular complexity index is 600. The van der Waals surface area contributed by atoms with Gasteiger partial charge in [0.2, 0.25) is 5.91 Å². The molecule has 3 heterocycles. The zero-order valence-corrected chi connectivity index (χ0v) is 10.7. The molecule has 0 spiro atoms. The Morgan fingerprint density at radius 3 is 2.84 bits per heavy atom. The van der Waals surface area contributed by atoms with Crippen LogP contribution in [0.2, 0.25) is 0 Å². The highest BCUT2D eigenvalue weighted by Crippen LogP contribution is 2.17. The highest BCUT2D eigenvalue weighted by Gasteiger charge is 2.11. The van der Waals surface area contributed by atoms with E-state index in [1.54, 1.807) is 0 Å². The topological polar surface area (TPSA) is 75.7 Å². The van der Waals surface area contributed by atoms with Crippen LogP contribution in [-0.2, 0) is 11.2 Å². The van der Waals surface area contributed by atoms with Crippen molar-refractivity contribution in [2.45, 2.75) is 6.42 Å². The van der Waals surface area contributed by atoms with E-state index >= 15 is 0 Å². The third kappa shape index (κ3) is 2.53. The van der Waals surface area contributed by atoms with Crippen LogP contribution in [0.5, 0.6) is 0 Å². The zero-order valence-electron chi connectivity index (χ0n) is 10.7. The first-order valence-electron chi connectivity index (χ1n) is 6.44. The molecule has 0 saturated carbocycles. The summed E-state index contributed by atoms with van der Waals surface area (Å²) < 4.78 is 1.95. The van der Waals surface area contributed by atoms with E-state index in [-0.39, 0.29) is 12.3 Å². The Labute approximate surface area is 111 Å². The maximum atomic E-state index is 10.9. The Morgan fingerprint density at radius 1 is 1.32 bits per heavy atom. The van der Waals surface area contributed by atoms with E-state index in [0.29, 0.717) is 5.69 Å². The maximum absolute atomic E-state index is 10.9. The van der Waals surface area contributed by atoms with Gasteiger partial charge >= 0.3 is 0 Å². The second-order valence-corrected chi connectivity index (χ2v) is 4.77. The molecule has 2 aromatic rings. The summed E-state index contributed by atoms with van der Waals surface area (Å²) in [6.07, 6.45) is 4.11. The molecule has 19 heavy (non-hydrogen) atoms. The van der Waals surface area contributed by atoms with E-state index in [0.717, 1.165) is 31.8 Å². The van der Waals surface area contributed by atoms with E-state index < -0.39 is 0 Å². The first-order valence-corrected chi connectivity index (χ1v) is 6.44. The third-order valence-corrected chi connectivity index (χ3v) is 3.32. The highest BCUT2D eigenvalue weighted by atomic mass is 16.1. The van der Waals surface area contributed by atoms with E-state index in [1.807, 2.05) is 16.7 Å². The molecule has 1 fully saturated rings. The van der Waals surface area contributed by atoms with Gasteiger partial charge in [-0.05, 0) is 12.1 Å². The number of carbonyl (C=O) groups is 1. The summed E-state index contributed by atoms with van der Waals surface area (Å²) in [5.74, 6) is -0.356. The molecule has 1 saturated heterocycles. The number of aromatic nitrogens is 2. The summed E-state index contributed by atoms with van der Waals surface area (Å²) in [6, 6.07) is 4.05. The summed E-state index contributed by atoms with van der Waals surface area (Å²) in [5, 5.41) is 3.34. The van der Waals surface area contributed by atoms with Gasteiger partial charge in [-0.3, -0.25) is 4.79 Å². The number of rotatable bonds is 3. The average Bonchev–Trinajstić information content (AvgIpc) is 2.79. The van der Waals surface area contributed by atoms with Gasteiger partial charge in [-0.2, -0.15) is 0 Å². The SMILES string of the molecule is NC(=O)Cc1cn2cc(N3CCNCC3)ccc2n1. The minimum absolute atomic E-state index is 0.185. The van der Waals surface area contributed by atoms with Crippen molar-refractivity contribution in [3.8, 4) is 0 Å². The average molecular weight is 259 g/mol. The highest BCUT2D eigenvalue weighted by molar-refractivity contribution is 5.76. The van der Waals surface area contributed by atoms with Gasteiger partial charge in [-0.25, -0.2) is 4.98 Å². The van der Waals surface area contributed by atoms with E-state index in [2.05, 4.69) is 27.5 Å². The van der Waals surface area contributed by atoms with E-state index in [4.69, 9.17) is 5.73 Å². The number of imidazole rings is 1. The van der Waals surface area contributed by atoms with Crippen LogP contribution in [0, 0.1) is 0 Å². The lowest BCUT2D eigenvalue weighted by molar-refractivity contribution is -0.117. The van der Waals surface area contributed by atoms with Crippen LogP contribution in [0.4, 0.5) is 5.69 Å². The second kappa shape index (κ2) is 4.89. The Morgan fingerprint density at radius 2 is 2.11 bits per heavy atom. The predicted molar refractivity (Wildman–Crippen MR) is 73.2 cm³/mol. The van der Waals surface area contributed by atoms with Crippen molar-refractivity contribution in [2.24, 2.45) is 5.73 Å². The minimum Gasteiger partial charge on any atom is -0.369 e. The number of nitrogens with zero attached hydrogens (tertiary/aromatic N) is 3. The molecule has 3 rings (SSSR count). The number of carbonyl (C=O) groups excluding carboxylic acids is 1. The Balaban J connectivity index is 1.89. The fourth-order valence-electron chi connectivity index (χ4n) is 2.41. The number of piperazine rings is 1. The van der Waals surface area contributed by atoms with Gasteiger partial charge in [0.15, 0.2) is 0 Å². The van der Waals surface area contributed by atoms with E-state index in [1.165, 1.54) is 5.69 Å². The Kier molecular flexibility index (Phi) is 3.08. The van der Waals surface area contributed by atoms with Crippen LogP contribution in [-0.4, -0.2) is 41.5 Å². The molecule has 1 aliphatic heterocycles. The molecule has 6 nitrogen and oxygen atoms in total. The quantitative estimate of drug-likeness (QED) is 0.798. The molecular weight excluding hydrogens is 242 g/mol. The van der Waals surface area contributed by atoms with Gasteiger partial charge in [0.25, 0.3) is 0 Å². The number of hydrogen-bond acceptors (Lipinski definition) is 4. The van der Waals surface area contributed by atoms with E-state index in [9.17, 15) is 4.79 Å².